The maximum Gasteiger partial charge on any atom is 0.310 e. The normalized spacial score (nSPS) is 32.1. The van der Waals surface area contributed by atoms with E-state index in [1.54, 1.807) is 12.1 Å². The maximum atomic E-state index is 11.1. The molecule has 1 aromatic carbocycles. The predicted molar refractivity (Wildman–Crippen MR) is 76.0 cm³/mol. The fraction of sp³-hybridized carbons (Fsp3) is 0.538. The van der Waals surface area contributed by atoms with Gasteiger partial charge in [-0.25, -0.2) is 0 Å². The van der Waals surface area contributed by atoms with Gasteiger partial charge in [0.1, 0.15) is 10.7 Å². The zero-order chi connectivity index (χ0) is 14.3. The summed E-state index contributed by atoms with van der Waals surface area (Å²) in [6.07, 6.45) is 2.12. The smallest absolute Gasteiger partial charge is 0.310 e. The van der Waals surface area contributed by atoms with Crippen molar-refractivity contribution in [1.82, 2.24) is 0 Å². The van der Waals surface area contributed by atoms with Crippen molar-refractivity contribution in [2.45, 2.75) is 31.0 Å². The van der Waals surface area contributed by atoms with Gasteiger partial charge in [-0.1, -0.05) is 17.7 Å². The molecule has 0 spiro atoms. The molecule has 1 saturated heterocycles. The Kier molecular flexibility index (Phi) is 3.54. The number of nitrogens with two attached hydrogens (primary N) is 1. The van der Waals surface area contributed by atoms with Crippen LogP contribution in [0, 0.1) is 16.0 Å². The zero-order valence-electron chi connectivity index (χ0n) is 10.8. The third-order valence-electron chi connectivity index (χ3n) is 4.17. The van der Waals surface area contributed by atoms with E-state index in [9.17, 15) is 10.1 Å². The molecule has 0 bridgehead atoms. The first-order chi connectivity index (χ1) is 9.59. The number of ether oxygens (including phenoxy) is 1. The number of benzene rings is 1. The number of fused-ring (bicyclic) bond motifs is 1. The summed E-state index contributed by atoms with van der Waals surface area (Å²) in [6, 6.07) is 4.69. The van der Waals surface area contributed by atoms with Gasteiger partial charge >= 0.3 is 5.69 Å². The molecule has 20 heavy (non-hydrogen) atoms. The molecule has 2 fully saturated rings. The molecule has 0 radical (unpaired) electrons. The first kappa shape index (κ1) is 13.6. The van der Waals surface area contributed by atoms with E-state index in [0.29, 0.717) is 11.6 Å². The van der Waals surface area contributed by atoms with Gasteiger partial charge in [-0.05, 0) is 25.0 Å². The molecule has 3 rings (SSSR count). The van der Waals surface area contributed by atoms with Crippen LogP contribution in [0.4, 0.5) is 11.4 Å². The molecule has 1 aromatic rings. The Hall–Kier alpha value is -1.37. The van der Waals surface area contributed by atoms with E-state index in [4.69, 9.17) is 22.1 Å². The van der Waals surface area contributed by atoms with E-state index in [1.165, 1.54) is 6.07 Å². The number of hydrogen-bond acceptors (Lipinski definition) is 5. The maximum absolute atomic E-state index is 11.1. The topological polar surface area (TPSA) is 90.4 Å². The number of nitrogens with one attached hydrogen (secondary N) is 1. The van der Waals surface area contributed by atoms with Crippen LogP contribution in [0.2, 0.25) is 5.02 Å². The molecule has 108 valence electrons. The van der Waals surface area contributed by atoms with Crippen LogP contribution in [0.15, 0.2) is 18.2 Å². The van der Waals surface area contributed by atoms with Gasteiger partial charge in [0.05, 0.1) is 17.1 Å². The monoisotopic (exact) mass is 297 g/mol. The number of halogens is 1. The molecule has 7 heteroatoms. The second kappa shape index (κ2) is 5.20. The SMILES string of the molecule is NC1C2CCCOC2C1Nc1cccc(Cl)c1[N+](=O)[O-]. The van der Waals surface area contributed by atoms with Crippen LogP contribution in [0.5, 0.6) is 0 Å². The van der Waals surface area contributed by atoms with Crippen LogP contribution in [0.3, 0.4) is 0 Å². The highest BCUT2D eigenvalue weighted by molar-refractivity contribution is 6.33. The molecule has 1 aliphatic carbocycles. The van der Waals surface area contributed by atoms with Crippen molar-refractivity contribution in [3.8, 4) is 0 Å². The molecule has 0 amide bonds. The fourth-order valence-corrected chi connectivity index (χ4v) is 3.37. The van der Waals surface area contributed by atoms with E-state index in [2.05, 4.69) is 5.32 Å². The van der Waals surface area contributed by atoms with Gasteiger partial charge in [-0.3, -0.25) is 10.1 Å². The molecular weight excluding hydrogens is 282 g/mol. The second-order valence-corrected chi connectivity index (χ2v) is 5.69. The van der Waals surface area contributed by atoms with Gasteiger partial charge in [-0.15, -0.1) is 0 Å². The van der Waals surface area contributed by atoms with Crippen LogP contribution in [-0.4, -0.2) is 29.7 Å². The van der Waals surface area contributed by atoms with Crippen molar-refractivity contribution < 1.29 is 9.66 Å². The van der Waals surface area contributed by atoms with E-state index in [0.717, 1.165) is 19.4 Å². The van der Waals surface area contributed by atoms with E-state index >= 15 is 0 Å². The molecule has 1 aliphatic heterocycles. The number of anilines is 1. The minimum Gasteiger partial charge on any atom is -0.376 e. The molecule has 2 aliphatic rings. The molecule has 4 unspecified atom stereocenters. The van der Waals surface area contributed by atoms with Crippen LogP contribution in [0.1, 0.15) is 12.8 Å². The van der Waals surface area contributed by atoms with Gasteiger partial charge in [0.25, 0.3) is 0 Å². The van der Waals surface area contributed by atoms with Gasteiger partial charge in [0.15, 0.2) is 0 Å². The Morgan fingerprint density at radius 2 is 2.30 bits per heavy atom. The largest absolute Gasteiger partial charge is 0.376 e. The Bertz CT molecular complexity index is 540. The van der Waals surface area contributed by atoms with E-state index in [-0.39, 0.29) is 28.9 Å². The van der Waals surface area contributed by atoms with Crippen LogP contribution in [-0.2, 0) is 4.74 Å². The lowest BCUT2D eigenvalue weighted by Crippen LogP contribution is -2.69. The molecule has 0 aromatic heterocycles. The fourth-order valence-electron chi connectivity index (χ4n) is 3.12. The summed E-state index contributed by atoms with van der Waals surface area (Å²) in [4.78, 5) is 10.6. The summed E-state index contributed by atoms with van der Waals surface area (Å²) < 4.78 is 5.72. The summed E-state index contributed by atoms with van der Waals surface area (Å²) in [5, 5.41) is 14.4. The van der Waals surface area contributed by atoms with Crippen molar-refractivity contribution in [3.63, 3.8) is 0 Å². The minimum absolute atomic E-state index is 0.0392. The van der Waals surface area contributed by atoms with Gasteiger partial charge in [0, 0.05) is 18.6 Å². The Morgan fingerprint density at radius 1 is 1.50 bits per heavy atom. The Labute approximate surface area is 121 Å². The standard InChI is InChI=1S/C13H16ClN3O3/c14-8-4-1-5-9(12(8)17(18)19)16-11-10(15)7-3-2-6-20-13(7)11/h1,4-5,7,10-11,13,16H,2-3,6,15H2. The highest BCUT2D eigenvalue weighted by Gasteiger charge is 2.50. The highest BCUT2D eigenvalue weighted by atomic mass is 35.5. The van der Waals surface area contributed by atoms with E-state index < -0.39 is 4.92 Å². The minimum atomic E-state index is -0.478. The third kappa shape index (κ3) is 2.13. The van der Waals surface area contributed by atoms with Crippen molar-refractivity contribution in [1.29, 1.82) is 0 Å². The first-order valence-corrected chi connectivity index (χ1v) is 7.04. The summed E-state index contributed by atoms with van der Waals surface area (Å²) in [5.74, 6) is 0.347. The molecule has 3 N–H and O–H groups in total. The predicted octanol–water partition coefficient (Wildman–Crippen LogP) is 2.16. The lowest BCUT2D eigenvalue weighted by molar-refractivity contribution is -0.383. The summed E-state index contributed by atoms with van der Waals surface area (Å²) in [5.41, 5.74) is 6.43. The molecule has 1 saturated carbocycles. The average Bonchev–Trinajstić information content (AvgIpc) is 2.44. The number of nitro groups is 1. The quantitative estimate of drug-likeness (QED) is 0.659. The number of nitrogens with zero attached hydrogens (tertiary/aromatic N) is 1. The van der Waals surface area contributed by atoms with Crippen LogP contribution in [0.25, 0.3) is 0 Å². The van der Waals surface area contributed by atoms with Gasteiger partial charge < -0.3 is 15.8 Å². The zero-order valence-corrected chi connectivity index (χ0v) is 11.5. The third-order valence-corrected chi connectivity index (χ3v) is 4.47. The summed E-state index contributed by atoms with van der Waals surface area (Å²) >= 11 is 5.90. The number of hydrogen-bond donors (Lipinski definition) is 2. The van der Waals surface area contributed by atoms with Crippen molar-refractivity contribution in [2.75, 3.05) is 11.9 Å². The van der Waals surface area contributed by atoms with Crippen LogP contribution >= 0.6 is 11.6 Å². The Balaban J connectivity index is 1.82. The lowest BCUT2D eigenvalue weighted by Gasteiger charge is -2.52. The molecule has 6 nitrogen and oxygen atoms in total. The van der Waals surface area contributed by atoms with Gasteiger partial charge in [-0.2, -0.15) is 0 Å². The van der Waals surface area contributed by atoms with Crippen molar-refractivity contribution >= 4 is 23.0 Å². The van der Waals surface area contributed by atoms with Crippen LogP contribution < -0.4 is 11.1 Å². The average molecular weight is 298 g/mol. The van der Waals surface area contributed by atoms with Crippen molar-refractivity contribution in [2.24, 2.45) is 11.7 Å². The highest BCUT2D eigenvalue weighted by Crippen LogP contribution is 2.41. The lowest BCUT2D eigenvalue weighted by atomic mass is 9.68. The Morgan fingerprint density at radius 3 is 3.05 bits per heavy atom. The molecule has 1 heterocycles. The summed E-state index contributed by atoms with van der Waals surface area (Å²) in [7, 11) is 0. The first-order valence-electron chi connectivity index (χ1n) is 6.66. The summed E-state index contributed by atoms with van der Waals surface area (Å²) in [6.45, 7) is 0.726. The molecular formula is C13H16ClN3O3. The number of rotatable bonds is 3. The van der Waals surface area contributed by atoms with Gasteiger partial charge in [0.2, 0.25) is 0 Å². The molecule has 4 atom stereocenters. The van der Waals surface area contributed by atoms with E-state index in [1.807, 2.05) is 0 Å². The second-order valence-electron chi connectivity index (χ2n) is 5.28. The van der Waals surface area contributed by atoms with Crippen molar-refractivity contribution in [3.05, 3.63) is 33.3 Å². The number of para-hydroxylation sites is 1. The number of nitro benzene ring substituents is 1.